The fraction of sp³-hybridized carbons (Fsp3) is 0.350. The zero-order valence-electron chi connectivity index (χ0n) is 15.1. The van der Waals surface area contributed by atoms with Gasteiger partial charge in [0.25, 0.3) is 0 Å². The molecular formula is C20H20BrNO5. The Labute approximate surface area is 165 Å². The molecule has 0 radical (unpaired) electrons. The number of fused-ring (bicyclic) bond motifs is 2. The molecular weight excluding hydrogens is 414 g/mol. The van der Waals surface area contributed by atoms with E-state index in [0.29, 0.717) is 49.2 Å². The molecule has 2 aromatic carbocycles. The number of nitrogens with one attached hydrogen (secondary N) is 1. The molecule has 0 bridgehead atoms. The van der Waals surface area contributed by atoms with Crippen LogP contribution in [0.5, 0.6) is 23.0 Å². The van der Waals surface area contributed by atoms with E-state index in [9.17, 15) is 4.79 Å². The lowest BCUT2D eigenvalue weighted by molar-refractivity contribution is -0.116. The molecule has 0 aliphatic carbocycles. The third-order valence-electron chi connectivity index (χ3n) is 4.70. The number of rotatable bonds is 4. The summed E-state index contributed by atoms with van der Waals surface area (Å²) in [6.07, 6.45) is 0.343. The lowest BCUT2D eigenvalue weighted by Crippen LogP contribution is -2.25. The Balaban J connectivity index is 1.81. The summed E-state index contributed by atoms with van der Waals surface area (Å²) in [6, 6.07) is 7.72. The average Bonchev–Trinajstić information content (AvgIpc) is 2.67. The molecule has 2 aromatic rings. The fourth-order valence-corrected chi connectivity index (χ4v) is 4.09. The van der Waals surface area contributed by atoms with Gasteiger partial charge in [-0.1, -0.05) is 0 Å². The number of anilines is 1. The minimum atomic E-state index is -0.120. The van der Waals surface area contributed by atoms with Crippen molar-refractivity contribution < 1.29 is 23.7 Å². The summed E-state index contributed by atoms with van der Waals surface area (Å²) in [5, 5.41) is 2.94. The van der Waals surface area contributed by atoms with Crippen LogP contribution in [-0.2, 0) is 4.79 Å². The van der Waals surface area contributed by atoms with Crippen LogP contribution in [0.15, 0.2) is 28.7 Å². The highest BCUT2D eigenvalue weighted by Crippen LogP contribution is 2.46. The summed E-state index contributed by atoms with van der Waals surface area (Å²) in [4.78, 5) is 12.3. The van der Waals surface area contributed by atoms with Crippen LogP contribution in [0.1, 0.15) is 30.4 Å². The molecule has 1 atom stereocenters. The van der Waals surface area contributed by atoms with Gasteiger partial charge in [-0.25, -0.2) is 0 Å². The predicted octanol–water partition coefficient (Wildman–Crippen LogP) is 4.10. The van der Waals surface area contributed by atoms with Crippen molar-refractivity contribution in [3.63, 3.8) is 0 Å². The van der Waals surface area contributed by atoms with Gasteiger partial charge in [0.05, 0.1) is 18.2 Å². The van der Waals surface area contributed by atoms with Crippen molar-refractivity contribution in [3.05, 3.63) is 39.9 Å². The van der Waals surface area contributed by atoms with Gasteiger partial charge in [0.1, 0.15) is 13.2 Å². The van der Waals surface area contributed by atoms with Crippen molar-refractivity contribution in [1.82, 2.24) is 0 Å². The van der Waals surface area contributed by atoms with Gasteiger partial charge in [0, 0.05) is 24.1 Å². The molecule has 0 aromatic heterocycles. The Kier molecular flexibility index (Phi) is 4.86. The molecule has 2 aliphatic heterocycles. The molecule has 7 heteroatoms. The second-order valence-electron chi connectivity index (χ2n) is 6.36. The Hall–Kier alpha value is -2.41. The van der Waals surface area contributed by atoms with E-state index in [1.54, 1.807) is 7.11 Å². The van der Waals surface area contributed by atoms with E-state index in [1.165, 1.54) is 0 Å². The van der Waals surface area contributed by atoms with Crippen LogP contribution in [-0.4, -0.2) is 32.8 Å². The standard InChI is InChI=1S/C20H20BrNO5/c1-3-25-20-14(21)6-11(7-18(20)24-2)12-9-19(23)22-15-10-17-16(8-13(12)15)26-4-5-27-17/h6-8,10,12H,3-5,9H2,1-2H3,(H,22,23)/t12-/m1/s1. The first-order valence-electron chi connectivity index (χ1n) is 8.84. The second kappa shape index (κ2) is 7.31. The van der Waals surface area contributed by atoms with E-state index < -0.39 is 0 Å². The zero-order chi connectivity index (χ0) is 19.0. The van der Waals surface area contributed by atoms with Crippen molar-refractivity contribution in [1.29, 1.82) is 0 Å². The largest absolute Gasteiger partial charge is 0.493 e. The van der Waals surface area contributed by atoms with Crippen molar-refractivity contribution >= 4 is 27.5 Å². The minimum absolute atomic E-state index is 0.0341. The lowest BCUT2D eigenvalue weighted by Gasteiger charge is -2.29. The Morgan fingerprint density at radius 2 is 1.93 bits per heavy atom. The molecule has 0 unspecified atom stereocenters. The van der Waals surface area contributed by atoms with E-state index in [1.807, 2.05) is 31.2 Å². The molecule has 27 heavy (non-hydrogen) atoms. The minimum Gasteiger partial charge on any atom is -0.493 e. The third-order valence-corrected chi connectivity index (χ3v) is 5.29. The quantitative estimate of drug-likeness (QED) is 0.785. The molecule has 2 heterocycles. The normalized spacial score (nSPS) is 17.7. The van der Waals surface area contributed by atoms with Gasteiger partial charge in [-0.05, 0) is 52.2 Å². The number of carbonyl (C=O) groups excluding carboxylic acids is 1. The Morgan fingerprint density at radius 3 is 2.63 bits per heavy atom. The van der Waals surface area contributed by atoms with Crippen LogP contribution in [0.25, 0.3) is 0 Å². The van der Waals surface area contributed by atoms with Crippen LogP contribution in [0.4, 0.5) is 5.69 Å². The van der Waals surface area contributed by atoms with Gasteiger partial charge in [-0.2, -0.15) is 0 Å². The van der Waals surface area contributed by atoms with Crippen molar-refractivity contribution in [2.24, 2.45) is 0 Å². The van der Waals surface area contributed by atoms with E-state index >= 15 is 0 Å². The number of halogens is 1. The van der Waals surface area contributed by atoms with Crippen LogP contribution in [0, 0.1) is 0 Å². The fourth-order valence-electron chi connectivity index (χ4n) is 3.52. The summed E-state index contributed by atoms with van der Waals surface area (Å²) in [5.74, 6) is 2.50. The maximum absolute atomic E-state index is 12.3. The maximum Gasteiger partial charge on any atom is 0.225 e. The first-order chi connectivity index (χ1) is 13.1. The summed E-state index contributed by atoms with van der Waals surface area (Å²) in [7, 11) is 1.61. The summed E-state index contributed by atoms with van der Waals surface area (Å²) >= 11 is 3.57. The molecule has 142 valence electrons. The number of ether oxygens (including phenoxy) is 4. The van der Waals surface area contributed by atoms with E-state index in [2.05, 4.69) is 21.2 Å². The molecule has 1 amide bonds. The molecule has 2 aliphatic rings. The van der Waals surface area contributed by atoms with Gasteiger partial charge >= 0.3 is 0 Å². The molecule has 4 rings (SSSR count). The average molecular weight is 434 g/mol. The number of benzene rings is 2. The van der Waals surface area contributed by atoms with Crippen LogP contribution in [0.3, 0.4) is 0 Å². The van der Waals surface area contributed by atoms with Crippen LogP contribution < -0.4 is 24.3 Å². The zero-order valence-corrected chi connectivity index (χ0v) is 16.7. The van der Waals surface area contributed by atoms with E-state index in [4.69, 9.17) is 18.9 Å². The number of methoxy groups -OCH3 is 1. The van der Waals surface area contributed by atoms with Gasteiger partial charge in [0.2, 0.25) is 5.91 Å². The summed E-state index contributed by atoms with van der Waals surface area (Å²) < 4.78 is 23.4. The molecule has 0 saturated heterocycles. The van der Waals surface area contributed by atoms with Gasteiger partial charge in [-0.15, -0.1) is 0 Å². The highest BCUT2D eigenvalue weighted by atomic mass is 79.9. The van der Waals surface area contributed by atoms with Crippen molar-refractivity contribution in [2.45, 2.75) is 19.3 Å². The number of hydrogen-bond acceptors (Lipinski definition) is 5. The SMILES string of the molecule is CCOc1c(Br)cc([C@H]2CC(=O)Nc3cc4c(cc32)OCCO4)cc1OC. The lowest BCUT2D eigenvalue weighted by atomic mass is 9.84. The first kappa shape index (κ1) is 18.0. The van der Waals surface area contributed by atoms with Crippen molar-refractivity contribution in [3.8, 4) is 23.0 Å². The highest BCUT2D eigenvalue weighted by molar-refractivity contribution is 9.10. The molecule has 6 nitrogen and oxygen atoms in total. The summed E-state index contributed by atoms with van der Waals surface area (Å²) in [5.41, 5.74) is 2.72. The third kappa shape index (κ3) is 3.32. The second-order valence-corrected chi connectivity index (χ2v) is 7.21. The van der Waals surface area contributed by atoms with Crippen LogP contribution >= 0.6 is 15.9 Å². The Bertz CT molecular complexity index is 898. The predicted molar refractivity (Wildman–Crippen MR) is 104 cm³/mol. The topological polar surface area (TPSA) is 66.0 Å². The number of carbonyl (C=O) groups is 1. The van der Waals surface area contributed by atoms with Gasteiger partial charge in [-0.3, -0.25) is 4.79 Å². The summed E-state index contributed by atoms with van der Waals surface area (Å²) in [6.45, 7) is 3.48. The smallest absolute Gasteiger partial charge is 0.225 e. The number of hydrogen-bond donors (Lipinski definition) is 1. The van der Waals surface area contributed by atoms with Gasteiger partial charge < -0.3 is 24.3 Å². The van der Waals surface area contributed by atoms with E-state index in [0.717, 1.165) is 21.3 Å². The molecule has 0 spiro atoms. The maximum atomic E-state index is 12.3. The first-order valence-corrected chi connectivity index (χ1v) is 9.63. The van der Waals surface area contributed by atoms with Crippen LogP contribution in [0.2, 0.25) is 0 Å². The number of amides is 1. The molecule has 1 N–H and O–H groups in total. The Morgan fingerprint density at radius 1 is 1.19 bits per heavy atom. The monoisotopic (exact) mass is 433 g/mol. The molecule has 0 saturated carbocycles. The highest BCUT2D eigenvalue weighted by Gasteiger charge is 2.30. The van der Waals surface area contributed by atoms with Gasteiger partial charge in [0.15, 0.2) is 23.0 Å². The van der Waals surface area contributed by atoms with E-state index in [-0.39, 0.29) is 11.8 Å². The van der Waals surface area contributed by atoms with Crippen molar-refractivity contribution in [2.75, 3.05) is 32.2 Å². The molecule has 0 fully saturated rings.